The van der Waals surface area contributed by atoms with Gasteiger partial charge in [-0.15, -0.1) is 0 Å². The number of hydrogen-bond donors (Lipinski definition) is 1. The summed E-state index contributed by atoms with van der Waals surface area (Å²) < 4.78 is 5.40. The molecule has 1 aliphatic heterocycles. The fraction of sp³-hybridized carbons (Fsp3) is 0.444. The molecule has 0 amide bonds. The molecule has 2 heterocycles. The summed E-state index contributed by atoms with van der Waals surface area (Å²) in [5.41, 5.74) is 4.26. The summed E-state index contributed by atoms with van der Waals surface area (Å²) >= 11 is 0. The van der Waals surface area contributed by atoms with Gasteiger partial charge in [-0.2, -0.15) is 0 Å². The molecule has 3 nitrogen and oxygen atoms in total. The van der Waals surface area contributed by atoms with E-state index >= 15 is 0 Å². The van der Waals surface area contributed by atoms with Gasteiger partial charge in [-0.25, -0.2) is 0 Å². The van der Waals surface area contributed by atoms with Crippen molar-refractivity contribution in [2.24, 2.45) is 0 Å². The van der Waals surface area contributed by atoms with Crippen LogP contribution >= 0.6 is 0 Å². The van der Waals surface area contributed by atoms with Gasteiger partial charge in [0, 0.05) is 38.3 Å². The molecule has 112 valence electrons. The van der Waals surface area contributed by atoms with Crippen molar-refractivity contribution in [2.45, 2.75) is 38.8 Å². The number of fused-ring (bicyclic) bond motifs is 1. The van der Waals surface area contributed by atoms with E-state index in [4.69, 9.17) is 4.42 Å². The van der Waals surface area contributed by atoms with E-state index in [0.29, 0.717) is 6.04 Å². The van der Waals surface area contributed by atoms with Crippen LogP contribution in [0.3, 0.4) is 0 Å². The molecule has 0 radical (unpaired) electrons. The average molecular weight is 284 g/mol. The molecule has 1 N–H and O–H groups in total. The lowest BCUT2D eigenvalue weighted by Crippen LogP contribution is -2.28. The molecule has 1 aromatic carbocycles. The third-order valence-corrected chi connectivity index (χ3v) is 4.24. The van der Waals surface area contributed by atoms with Crippen LogP contribution in [0.15, 0.2) is 41.0 Å². The zero-order chi connectivity index (χ0) is 14.7. The van der Waals surface area contributed by atoms with E-state index in [1.807, 2.05) is 12.1 Å². The van der Waals surface area contributed by atoms with Crippen LogP contribution in [-0.2, 0) is 19.4 Å². The minimum absolute atomic E-state index is 0.412. The summed E-state index contributed by atoms with van der Waals surface area (Å²) in [6.45, 7) is 4.29. The fourth-order valence-corrected chi connectivity index (χ4v) is 3.04. The Labute approximate surface area is 127 Å². The van der Waals surface area contributed by atoms with E-state index in [1.165, 1.54) is 36.2 Å². The highest BCUT2D eigenvalue weighted by Crippen LogP contribution is 2.26. The second-order valence-corrected chi connectivity index (χ2v) is 6.05. The summed E-state index contributed by atoms with van der Waals surface area (Å²) in [5, 5.41) is 3.58. The van der Waals surface area contributed by atoms with E-state index in [9.17, 15) is 0 Å². The van der Waals surface area contributed by atoms with Gasteiger partial charge in [0.1, 0.15) is 5.76 Å². The summed E-state index contributed by atoms with van der Waals surface area (Å²) in [4.78, 5) is 2.36. The Hall–Kier alpha value is -1.74. The third kappa shape index (κ3) is 3.48. The van der Waals surface area contributed by atoms with Gasteiger partial charge in [-0.05, 0) is 49.1 Å². The lowest BCUT2D eigenvalue weighted by Gasteiger charge is -2.28. The molecule has 1 aromatic heterocycles. The van der Waals surface area contributed by atoms with Crippen LogP contribution < -0.4 is 10.2 Å². The summed E-state index contributed by atoms with van der Waals surface area (Å²) in [5.74, 6) is 1.04. The first-order chi connectivity index (χ1) is 10.2. The Balaban J connectivity index is 1.58. The number of furan rings is 1. The fourth-order valence-electron chi connectivity index (χ4n) is 3.04. The van der Waals surface area contributed by atoms with Crippen molar-refractivity contribution in [3.63, 3.8) is 0 Å². The lowest BCUT2D eigenvalue weighted by atomic mass is 9.99. The molecule has 21 heavy (non-hydrogen) atoms. The minimum atomic E-state index is 0.412. The van der Waals surface area contributed by atoms with Crippen molar-refractivity contribution in [1.29, 1.82) is 0 Å². The van der Waals surface area contributed by atoms with E-state index in [-0.39, 0.29) is 0 Å². The van der Waals surface area contributed by atoms with Crippen molar-refractivity contribution >= 4 is 5.69 Å². The number of rotatable bonds is 5. The smallest absolute Gasteiger partial charge is 0.105 e. The van der Waals surface area contributed by atoms with Gasteiger partial charge < -0.3 is 14.6 Å². The van der Waals surface area contributed by atoms with Gasteiger partial charge in [0.05, 0.1) is 6.26 Å². The number of benzene rings is 1. The van der Waals surface area contributed by atoms with Crippen LogP contribution in [-0.4, -0.2) is 19.6 Å². The molecule has 1 aliphatic rings. The Morgan fingerprint density at radius 2 is 2.24 bits per heavy atom. The molecule has 1 unspecified atom stereocenters. The van der Waals surface area contributed by atoms with Gasteiger partial charge >= 0.3 is 0 Å². The first-order valence-corrected chi connectivity index (χ1v) is 7.81. The molecular formula is C18H24N2O. The van der Waals surface area contributed by atoms with Crippen molar-refractivity contribution in [3.05, 3.63) is 53.5 Å². The zero-order valence-corrected chi connectivity index (χ0v) is 12.9. The highest BCUT2D eigenvalue weighted by Gasteiger charge is 2.13. The van der Waals surface area contributed by atoms with Crippen LogP contribution in [0.1, 0.15) is 30.2 Å². The molecule has 0 saturated carbocycles. The van der Waals surface area contributed by atoms with Crippen molar-refractivity contribution < 1.29 is 4.42 Å². The van der Waals surface area contributed by atoms with Gasteiger partial charge in [0.2, 0.25) is 0 Å². The molecule has 3 heteroatoms. The first kappa shape index (κ1) is 14.2. The second kappa shape index (κ2) is 6.35. The summed E-state index contributed by atoms with van der Waals surface area (Å²) in [6.07, 6.45) is 5.13. The number of nitrogens with one attached hydrogen (secondary N) is 1. The van der Waals surface area contributed by atoms with E-state index in [0.717, 1.165) is 18.7 Å². The second-order valence-electron chi connectivity index (χ2n) is 6.05. The molecule has 3 rings (SSSR count). The third-order valence-electron chi connectivity index (χ3n) is 4.24. The zero-order valence-electron chi connectivity index (χ0n) is 12.9. The first-order valence-electron chi connectivity index (χ1n) is 7.81. The van der Waals surface area contributed by atoms with Crippen LogP contribution in [0.5, 0.6) is 0 Å². The summed E-state index contributed by atoms with van der Waals surface area (Å²) in [6, 6.07) is 11.3. The maximum absolute atomic E-state index is 5.40. The van der Waals surface area contributed by atoms with Crippen LogP contribution in [0.4, 0.5) is 5.69 Å². The Morgan fingerprint density at radius 3 is 3.05 bits per heavy atom. The lowest BCUT2D eigenvalue weighted by molar-refractivity contribution is 0.456. The molecule has 0 fully saturated rings. The van der Waals surface area contributed by atoms with Gasteiger partial charge in [0.15, 0.2) is 0 Å². The Morgan fingerprint density at radius 1 is 1.33 bits per heavy atom. The standard InChI is InChI=1S/C18H24N2O/c1-14(11-17-6-4-10-21-17)19-13-15-7-8-18-16(12-15)5-3-9-20(18)2/h4,6-8,10,12,14,19H,3,5,9,11,13H2,1-2H3. The van der Waals surface area contributed by atoms with E-state index in [1.54, 1.807) is 6.26 Å². The van der Waals surface area contributed by atoms with Crippen LogP contribution in [0.2, 0.25) is 0 Å². The molecule has 0 saturated heterocycles. The molecular weight excluding hydrogens is 260 g/mol. The highest BCUT2D eigenvalue weighted by molar-refractivity contribution is 5.56. The maximum atomic E-state index is 5.40. The topological polar surface area (TPSA) is 28.4 Å². The molecule has 0 spiro atoms. The monoisotopic (exact) mass is 284 g/mol. The summed E-state index contributed by atoms with van der Waals surface area (Å²) in [7, 11) is 2.18. The molecule has 2 aromatic rings. The molecule has 0 aliphatic carbocycles. The van der Waals surface area contributed by atoms with Gasteiger partial charge in [0.25, 0.3) is 0 Å². The van der Waals surface area contributed by atoms with Gasteiger partial charge in [-0.3, -0.25) is 0 Å². The predicted octanol–water partition coefficient (Wildman–Crippen LogP) is 3.38. The largest absolute Gasteiger partial charge is 0.469 e. The number of anilines is 1. The Bertz CT molecular complexity index is 577. The SMILES string of the molecule is CC(Cc1ccco1)NCc1ccc2c(c1)CCCN2C. The van der Waals surface area contributed by atoms with E-state index < -0.39 is 0 Å². The van der Waals surface area contributed by atoms with Gasteiger partial charge in [-0.1, -0.05) is 12.1 Å². The molecule has 0 bridgehead atoms. The number of nitrogens with zero attached hydrogens (tertiary/aromatic N) is 1. The minimum Gasteiger partial charge on any atom is -0.469 e. The molecule has 1 atom stereocenters. The van der Waals surface area contributed by atoms with Crippen molar-refractivity contribution in [1.82, 2.24) is 5.32 Å². The van der Waals surface area contributed by atoms with Crippen molar-refractivity contribution in [2.75, 3.05) is 18.5 Å². The average Bonchev–Trinajstić information content (AvgIpc) is 2.98. The highest BCUT2D eigenvalue weighted by atomic mass is 16.3. The van der Waals surface area contributed by atoms with Crippen molar-refractivity contribution in [3.8, 4) is 0 Å². The quantitative estimate of drug-likeness (QED) is 0.912. The van der Waals surface area contributed by atoms with Crippen LogP contribution in [0.25, 0.3) is 0 Å². The number of aryl methyl sites for hydroxylation is 1. The Kier molecular flexibility index (Phi) is 4.30. The maximum Gasteiger partial charge on any atom is 0.105 e. The van der Waals surface area contributed by atoms with Crippen LogP contribution in [0, 0.1) is 0 Å². The van der Waals surface area contributed by atoms with E-state index in [2.05, 4.69) is 42.4 Å². The normalized spacial score (nSPS) is 15.8. The predicted molar refractivity (Wildman–Crippen MR) is 86.7 cm³/mol. The number of hydrogen-bond acceptors (Lipinski definition) is 3.